The molecule has 0 spiro atoms. The number of benzene rings is 1. The van der Waals surface area contributed by atoms with Crippen molar-refractivity contribution in [2.24, 2.45) is 10.7 Å². The molecule has 0 aliphatic carbocycles. The first-order valence-electron chi connectivity index (χ1n) is 7.36. The number of aryl methyl sites for hydroxylation is 2. The number of hydrogen-bond donors (Lipinski definition) is 3. The fraction of sp³-hybridized carbons (Fsp3) is 0.312. The summed E-state index contributed by atoms with van der Waals surface area (Å²) in [7, 11) is -3.50. The first-order valence-corrected chi connectivity index (χ1v) is 9.89. The van der Waals surface area contributed by atoms with E-state index in [9.17, 15) is 13.5 Å². The third-order valence-corrected chi connectivity index (χ3v) is 6.75. The smallest absolute Gasteiger partial charge is 0.193 e. The Bertz CT molecular complexity index is 815. The number of aliphatic hydroxyl groups is 1. The minimum absolute atomic E-state index is 0.0890. The predicted molar refractivity (Wildman–Crippen MR) is 98.4 cm³/mol. The molecule has 8 heteroatoms. The van der Waals surface area contributed by atoms with Crippen LogP contribution in [-0.2, 0) is 9.84 Å². The van der Waals surface area contributed by atoms with Crippen LogP contribution in [0.25, 0.3) is 0 Å². The first-order chi connectivity index (χ1) is 11.3. The quantitative estimate of drug-likeness (QED) is 0.534. The number of hydrogen-bond acceptors (Lipinski definition) is 5. The molecule has 6 nitrogen and oxygen atoms in total. The van der Waals surface area contributed by atoms with Crippen LogP contribution < -0.4 is 11.1 Å². The van der Waals surface area contributed by atoms with Crippen LogP contribution in [0.2, 0.25) is 0 Å². The Morgan fingerprint density at radius 3 is 2.71 bits per heavy atom. The monoisotopic (exact) mass is 367 g/mol. The number of thiophene rings is 1. The molecule has 2 rings (SSSR count). The van der Waals surface area contributed by atoms with E-state index >= 15 is 0 Å². The summed E-state index contributed by atoms with van der Waals surface area (Å²) in [6, 6.07) is 8.96. The van der Waals surface area contributed by atoms with E-state index in [1.165, 1.54) is 11.6 Å². The normalized spacial score (nSPS) is 13.7. The van der Waals surface area contributed by atoms with Crippen molar-refractivity contribution in [2.45, 2.75) is 24.2 Å². The average molecular weight is 367 g/mol. The highest BCUT2D eigenvalue weighted by Crippen LogP contribution is 2.18. The third-order valence-electron chi connectivity index (χ3n) is 3.47. The molecular weight excluding hydrogens is 346 g/mol. The molecule has 1 atom stereocenters. The molecule has 0 radical (unpaired) electrons. The first kappa shape index (κ1) is 18.4. The van der Waals surface area contributed by atoms with Crippen molar-refractivity contribution < 1.29 is 13.5 Å². The fourth-order valence-electron chi connectivity index (χ4n) is 2.04. The van der Waals surface area contributed by atoms with Crippen LogP contribution in [0, 0.1) is 13.8 Å². The Labute approximate surface area is 146 Å². The topological polar surface area (TPSA) is 105 Å². The minimum Gasteiger partial charge on any atom is -0.390 e. The summed E-state index contributed by atoms with van der Waals surface area (Å²) in [4.78, 5) is 4.01. The molecule has 0 saturated carbocycles. The van der Waals surface area contributed by atoms with E-state index in [1.54, 1.807) is 11.4 Å². The fourth-order valence-corrected chi connectivity index (χ4v) is 4.51. The zero-order valence-corrected chi connectivity index (χ0v) is 15.2. The number of aliphatic hydroxyl groups excluding tert-OH is 1. The maximum atomic E-state index is 12.1. The van der Waals surface area contributed by atoms with Crippen LogP contribution in [0.4, 0.5) is 5.69 Å². The zero-order chi connectivity index (χ0) is 17.7. The van der Waals surface area contributed by atoms with Gasteiger partial charge in [-0.25, -0.2) is 8.42 Å². The van der Waals surface area contributed by atoms with E-state index in [0.29, 0.717) is 0 Å². The maximum absolute atomic E-state index is 12.1. The highest BCUT2D eigenvalue weighted by molar-refractivity contribution is 7.93. The Morgan fingerprint density at radius 2 is 2.08 bits per heavy atom. The maximum Gasteiger partial charge on any atom is 0.193 e. The van der Waals surface area contributed by atoms with Gasteiger partial charge < -0.3 is 16.2 Å². The van der Waals surface area contributed by atoms with E-state index < -0.39 is 15.9 Å². The molecule has 0 aliphatic heterocycles. The van der Waals surface area contributed by atoms with E-state index in [-0.39, 0.29) is 22.5 Å². The number of anilines is 1. The lowest BCUT2D eigenvalue weighted by atomic mass is 10.1. The van der Waals surface area contributed by atoms with Crippen LogP contribution in [0.3, 0.4) is 0 Å². The number of nitrogens with one attached hydrogen (secondary N) is 1. The van der Waals surface area contributed by atoms with E-state index in [4.69, 9.17) is 5.73 Å². The molecule has 0 bridgehead atoms. The molecule has 24 heavy (non-hydrogen) atoms. The number of nitrogens with zero attached hydrogens (tertiary/aromatic N) is 1. The van der Waals surface area contributed by atoms with Crippen LogP contribution in [0.15, 0.2) is 44.9 Å². The van der Waals surface area contributed by atoms with Gasteiger partial charge in [0.25, 0.3) is 0 Å². The Balaban J connectivity index is 1.93. The lowest BCUT2D eigenvalue weighted by Gasteiger charge is -2.10. The lowest BCUT2D eigenvalue weighted by molar-refractivity contribution is 0.206. The molecule has 1 heterocycles. The summed E-state index contributed by atoms with van der Waals surface area (Å²) in [6.07, 6.45) is -1.11. The molecule has 1 aromatic carbocycles. The molecular formula is C16H21N3O3S2. The van der Waals surface area contributed by atoms with Gasteiger partial charge in [-0.05, 0) is 48.6 Å². The molecule has 2 aromatic rings. The van der Waals surface area contributed by atoms with E-state index in [2.05, 4.69) is 10.3 Å². The predicted octanol–water partition coefficient (Wildman–Crippen LogP) is 1.93. The summed E-state index contributed by atoms with van der Waals surface area (Å²) in [5, 5.41) is 14.5. The Morgan fingerprint density at radius 1 is 1.33 bits per heavy atom. The summed E-state index contributed by atoms with van der Waals surface area (Å²) < 4.78 is 24.4. The van der Waals surface area contributed by atoms with Crippen molar-refractivity contribution in [2.75, 3.05) is 17.6 Å². The van der Waals surface area contributed by atoms with Crippen LogP contribution in [-0.4, -0.2) is 37.9 Å². The van der Waals surface area contributed by atoms with Gasteiger partial charge in [0.05, 0.1) is 18.4 Å². The number of nitrogens with two attached hydrogens (primary N) is 1. The van der Waals surface area contributed by atoms with Gasteiger partial charge in [-0.3, -0.25) is 4.99 Å². The molecule has 1 aromatic heterocycles. The van der Waals surface area contributed by atoms with Crippen LogP contribution in [0.5, 0.6) is 0 Å². The molecule has 1 unspecified atom stereocenters. The standard InChI is InChI=1S/C16H21N3O3S2/c1-11-5-6-13(8-12(11)2)19-16(17)18-9-14(20)10-24(21,22)15-4-3-7-23-15/h3-8,14,20H,9-10H2,1-2H3,(H3,17,18,19). The molecule has 0 saturated heterocycles. The largest absolute Gasteiger partial charge is 0.390 e. The second-order valence-electron chi connectivity index (χ2n) is 5.52. The molecule has 4 N–H and O–H groups in total. The van der Waals surface area contributed by atoms with Gasteiger partial charge in [-0.1, -0.05) is 12.1 Å². The van der Waals surface area contributed by atoms with Crippen molar-refractivity contribution in [1.82, 2.24) is 0 Å². The molecule has 0 amide bonds. The van der Waals surface area contributed by atoms with Crippen molar-refractivity contribution in [1.29, 1.82) is 0 Å². The number of sulfone groups is 1. The lowest BCUT2D eigenvalue weighted by Crippen LogP contribution is -2.28. The summed E-state index contributed by atoms with van der Waals surface area (Å²) in [5.74, 6) is -0.251. The van der Waals surface area contributed by atoms with Crippen LogP contribution in [0.1, 0.15) is 11.1 Å². The van der Waals surface area contributed by atoms with Gasteiger partial charge in [0.2, 0.25) is 0 Å². The third kappa shape index (κ3) is 5.05. The van der Waals surface area contributed by atoms with Crippen molar-refractivity contribution >= 4 is 32.8 Å². The highest BCUT2D eigenvalue weighted by atomic mass is 32.2. The summed E-state index contributed by atoms with van der Waals surface area (Å²) in [6.45, 7) is 3.92. The van der Waals surface area contributed by atoms with Gasteiger partial charge in [0, 0.05) is 5.69 Å². The second-order valence-corrected chi connectivity index (χ2v) is 8.73. The number of aliphatic imine (C=N–C) groups is 1. The average Bonchev–Trinajstić information content (AvgIpc) is 3.04. The SMILES string of the molecule is Cc1ccc(NC(N)=NCC(O)CS(=O)(=O)c2cccs2)cc1C. The van der Waals surface area contributed by atoms with Gasteiger partial charge in [0.1, 0.15) is 4.21 Å². The van der Waals surface area contributed by atoms with E-state index in [1.807, 2.05) is 32.0 Å². The number of rotatable bonds is 6. The Hall–Kier alpha value is -1.90. The zero-order valence-electron chi connectivity index (χ0n) is 13.6. The van der Waals surface area contributed by atoms with Gasteiger partial charge in [-0.15, -0.1) is 11.3 Å². The van der Waals surface area contributed by atoms with Gasteiger partial charge in [-0.2, -0.15) is 0 Å². The van der Waals surface area contributed by atoms with E-state index in [0.717, 1.165) is 22.6 Å². The second kappa shape index (κ2) is 7.78. The summed E-state index contributed by atoms with van der Waals surface area (Å²) >= 11 is 1.13. The molecule has 0 fully saturated rings. The van der Waals surface area contributed by atoms with Gasteiger partial charge >= 0.3 is 0 Å². The van der Waals surface area contributed by atoms with Crippen LogP contribution >= 0.6 is 11.3 Å². The van der Waals surface area contributed by atoms with Crippen molar-refractivity contribution in [3.63, 3.8) is 0 Å². The van der Waals surface area contributed by atoms with Crippen molar-refractivity contribution in [3.8, 4) is 0 Å². The van der Waals surface area contributed by atoms with Gasteiger partial charge in [0.15, 0.2) is 15.8 Å². The number of guanidine groups is 1. The molecule has 0 aliphatic rings. The minimum atomic E-state index is -3.50. The summed E-state index contributed by atoms with van der Waals surface area (Å²) in [5.41, 5.74) is 8.86. The molecule has 130 valence electrons. The Kier molecular flexibility index (Phi) is 5.98. The van der Waals surface area contributed by atoms with Crippen molar-refractivity contribution in [3.05, 3.63) is 46.8 Å². The highest BCUT2D eigenvalue weighted by Gasteiger charge is 2.20.